The second-order valence-electron chi connectivity index (χ2n) is 6.42. The average molecular weight is 646 g/mol. The zero-order chi connectivity index (χ0) is 23.3. The van der Waals surface area contributed by atoms with Gasteiger partial charge < -0.3 is 10.1 Å². The number of nitriles is 1. The highest BCUT2D eigenvalue weighted by Gasteiger charge is 2.15. The van der Waals surface area contributed by atoms with Crippen LogP contribution in [0.4, 0.5) is 10.1 Å². The van der Waals surface area contributed by atoms with Crippen LogP contribution < -0.4 is 10.1 Å². The van der Waals surface area contributed by atoms with Crippen LogP contribution in [-0.2, 0) is 11.4 Å². The lowest BCUT2D eigenvalue weighted by molar-refractivity contribution is -0.112. The van der Waals surface area contributed by atoms with Crippen LogP contribution in [0.15, 0.2) is 64.6 Å². The van der Waals surface area contributed by atoms with Gasteiger partial charge in [-0.2, -0.15) is 5.26 Å². The number of rotatable bonds is 6. The molecule has 162 valence electrons. The second-order valence-corrected chi connectivity index (χ2v) is 9.22. The molecule has 32 heavy (non-hydrogen) atoms. The van der Waals surface area contributed by atoms with Gasteiger partial charge in [0.15, 0.2) is 0 Å². The number of hydrogen-bond acceptors (Lipinski definition) is 3. The Kier molecular flexibility index (Phi) is 8.54. The van der Waals surface area contributed by atoms with Gasteiger partial charge in [0.1, 0.15) is 29.8 Å². The topological polar surface area (TPSA) is 62.1 Å². The van der Waals surface area contributed by atoms with Crippen LogP contribution in [0.2, 0.25) is 10.0 Å². The van der Waals surface area contributed by atoms with E-state index in [1.54, 1.807) is 48.5 Å². The van der Waals surface area contributed by atoms with E-state index < -0.39 is 5.91 Å². The summed E-state index contributed by atoms with van der Waals surface area (Å²) in [5.41, 5.74) is 1.22. The lowest BCUT2D eigenvalue weighted by Crippen LogP contribution is -2.13. The Labute approximate surface area is 216 Å². The van der Waals surface area contributed by atoms with E-state index in [9.17, 15) is 14.4 Å². The molecule has 1 N–H and O–H groups in total. The summed E-state index contributed by atoms with van der Waals surface area (Å²) in [7, 11) is 0. The summed E-state index contributed by atoms with van der Waals surface area (Å²) in [5, 5.41) is 12.5. The summed E-state index contributed by atoms with van der Waals surface area (Å²) < 4.78 is 20.9. The fourth-order valence-corrected chi connectivity index (χ4v) is 4.79. The number of ether oxygens (including phenoxy) is 1. The first-order chi connectivity index (χ1) is 15.3. The van der Waals surface area contributed by atoms with E-state index in [1.165, 1.54) is 12.1 Å². The number of anilines is 1. The number of hydrogen-bond donors (Lipinski definition) is 1. The molecular formula is C23H13BrCl2FIN2O2. The maximum absolute atomic E-state index is 13.8. The summed E-state index contributed by atoms with van der Waals surface area (Å²) in [5.74, 6) is -0.440. The quantitative estimate of drug-likeness (QED) is 0.170. The number of carbonyl (C=O) groups excluding carboxylic acids is 1. The fraction of sp³-hybridized carbons (Fsp3) is 0.0435. The van der Waals surface area contributed by atoms with Crippen molar-refractivity contribution in [2.24, 2.45) is 0 Å². The zero-order valence-corrected chi connectivity index (χ0v) is 21.4. The average Bonchev–Trinajstić information content (AvgIpc) is 2.75. The number of nitrogens with one attached hydrogen (secondary N) is 1. The Morgan fingerprint density at radius 1 is 1.22 bits per heavy atom. The van der Waals surface area contributed by atoms with Crippen molar-refractivity contribution in [3.63, 3.8) is 0 Å². The normalized spacial score (nSPS) is 11.1. The van der Waals surface area contributed by atoms with E-state index in [0.29, 0.717) is 27.0 Å². The predicted octanol–water partition coefficient (Wildman–Crippen LogP) is 7.62. The highest BCUT2D eigenvalue weighted by atomic mass is 127. The van der Waals surface area contributed by atoms with Crippen LogP contribution in [0.1, 0.15) is 11.1 Å². The van der Waals surface area contributed by atoms with E-state index in [2.05, 4.69) is 43.8 Å². The fourth-order valence-electron chi connectivity index (χ4n) is 2.67. The minimum Gasteiger partial charge on any atom is -0.486 e. The van der Waals surface area contributed by atoms with Crippen LogP contribution in [0.25, 0.3) is 6.08 Å². The molecule has 0 saturated carbocycles. The molecule has 0 spiro atoms. The first-order valence-electron chi connectivity index (χ1n) is 9.02. The Bertz CT molecular complexity index is 1240. The van der Waals surface area contributed by atoms with Crippen molar-refractivity contribution in [2.75, 3.05) is 5.32 Å². The molecule has 0 aliphatic carbocycles. The van der Waals surface area contributed by atoms with Crippen molar-refractivity contribution in [2.45, 2.75) is 6.61 Å². The SMILES string of the molecule is N#C/C(=C/c1cc(Br)c(OCc2ccccc2F)c(I)c1)C(=O)Nc1cccc(Cl)c1Cl. The third-order valence-corrected chi connectivity index (χ3v) is 6.44. The van der Waals surface area contributed by atoms with Gasteiger partial charge in [0, 0.05) is 5.56 Å². The maximum Gasteiger partial charge on any atom is 0.266 e. The molecule has 0 fully saturated rings. The maximum atomic E-state index is 13.8. The highest BCUT2D eigenvalue weighted by molar-refractivity contribution is 14.1. The van der Waals surface area contributed by atoms with Gasteiger partial charge in [-0.3, -0.25) is 4.79 Å². The van der Waals surface area contributed by atoms with Crippen LogP contribution in [0.3, 0.4) is 0 Å². The summed E-state index contributed by atoms with van der Waals surface area (Å²) >= 11 is 17.6. The molecule has 0 aliphatic heterocycles. The van der Waals surface area contributed by atoms with Crippen LogP contribution in [-0.4, -0.2) is 5.91 Å². The molecule has 0 atom stereocenters. The lowest BCUT2D eigenvalue weighted by atomic mass is 10.1. The summed E-state index contributed by atoms with van der Waals surface area (Å²) in [6.45, 7) is 0.0582. The molecule has 1 amide bonds. The standard InChI is InChI=1S/C23H13BrCl2FIN2O2/c24-16-9-13(10-19(28)22(16)32-12-14-4-1-2-6-18(14)27)8-15(11-29)23(31)30-20-7-3-5-17(25)21(20)26/h1-10H,12H2,(H,30,31)/b15-8-. The van der Waals surface area contributed by atoms with E-state index in [0.717, 1.165) is 3.57 Å². The summed E-state index contributed by atoms with van der Waals surface area (Å²) in [6, 6.07) is 16.5. The number of carbonyl (C=O) groups is 1. The van der Waals surface area contributed by atoms with Gasteiger partial charge in [0.25, 0.3) is 5.91 Å². The van der Waals surface area contributed by atoms with Gasteiger partial charge in [-0.05, 0) is 80.5 Å². The molecule has 0 aromatic heterocycles. The van der Waals surface area contributed by atoms with Gasteiger partial charge in [-0.15, -0.1) is 0 Å². The molecule has 9 heteroatoms. The molecule has 3 aromatic carbocycles. The van der Waals surface area contributed by atoms with Crippen molar-refractivity contribution >= 4 is 79.4 Å². The lowest BCUT2D eigenvalue weighted by Gasteiger charge is -2.12. The monoisotopic (exact) mass is 644 g/mol. The minimum absolute atomic E-state index is 0.0582. The van der Waals surface area contributed by atoms with Gasteiger partial charge in [0.2, 0.25) is 0 Å². The van der Waals surface area contributed by atoms with Crippen molar-refractivity contribution in [1.29, 1.82) is 5.26 Å². The van der Waals surface area contributed by atoms with Gasteiger partial charge in [-0.1, -0.05) is 47.5 Å². The summed E-state index contributed by atoms with van der Waals surface area (Å²) in [6.07, 6.45) is 1.45. The van der Waals surface area contributed by atoms with Crippen LogP contribution in [0.5, 0.6) is 5.75 Å². The number of halogens is 5. The highest BCUT2D eigenvalue weighted by Crippen LogP contribution is 2.34. The first kappa shape index (κ1) is 24.5. The Morgan fingerprint density at radius 2 is 1.97 bits per heavy atom. The Balaban J connectivity index is 1.80. The van der Waals surface area contributed by atoms with Crippen molar-refractivity contribution in [3.8, 4) is 11.8 Å². The third kappa shape index (κ3) is 6.01. The molecule has 4 nitrogen and oxygen atoms in total. The molecular weight excluding hydrogens is 633 g/mol. The second kappa shape index (κ2) is 11.1. The molecule has 0 aliphatic rings. The molecule has 0 unspecified atom stereocenters. The van der Waals surface area contributed by atoms with E-state index >= 15 is 0 Å². The molecule has 3 rings (SSSR count). The van der Waals surface area contributed by atoms with Crippen molar-refractivity contribution in [3.05, 3.63) is 95.2 Å². The number of amides is 1. The van der Waals surface area contributed by atoms with E-state index in [1.807, 2.05) is 6.07 Å². The molecule has 0 radical (unpaired) electrons. The third-order valence-electron chi connectivity index (χ3n) is 4.23. The van der Waals surface area contributed by atoms with Crippen molar-refractivity contribution < 1.29 is 13.9 Å². The van der Waals surface area contributed by atoms with E-state index in [-0.39, 0.29) is 28.0 Å². The molecule has 0 bridgehead atoms. The van der Waals surface area contributed by atoms with Crippen LogP contribution >= 0.6 is 61.7 Å². The van der Waals surface area contributed by atoms with Crippen molar-refractivity contribution in [1.82, 2.24) is 0 Å². The van der Waals surface area contributed by atoms with Gasteiger partial charge in [0.05, 0.1) is 23.8 Å². The zero-order valence-electron chi connectivity index (χ0n) is 16.1. The smallest absolute Gasteiger partial charge is 0.266 e. The Hall–Kier alpha value is -2.12. The Morgan fingerprint density at radius 3 is 2.66 bits per heavy atom. The summed E-state index contributed by atoms with van der Waals surface area (Å²) in [4.78, 5) is 12.6. The molecule has 3 aromatic rings. The minimum atomic E-state index is -0.623. The number of benzene rings is 3. The molecule has 0 saturated heterocycles. The first-order valence-corrected chi connectivity index (χ1v) is 11.7. The predicted molar refractivity (Wildman–Crippen MR) is 136 cm³/mol. The van der Waals surface area contributed by atoms with Crippen LogP contribution in [0, 0.1) is 20.7 Å². The van der Waals surface area contributed by atoms with Gasteiger partial charge >= 0.3 is 0 Å². The number of nitrogens with zero attached hydrogens (tertiary/aromatic N) is 1. The largest absolute Gasteiger partial charge is 0.486 e. The van der Waals surface area contributed by atoms with E-state index in [4.69, 9.17) is 27.9 Å². The van der Waals surface area contributed by atoms with Gasteiger partial charge in [-0.25, -0.2) is 4.39 Å². The molecule has 0 heterocycles.